The predicted molar refractivity (Wildman–Crippen MR) is 88.5 cm³/mol. The molecule has 0 saturated carbocycles. The molecule has 3 rings (SSSR count). The third-order valence-electron chi connectivity index (χ3n) is 4.85. The Bertz CT molecular complexity index is 602. The molecule has 23 heavy (non-hydrogen) atoms. The van der Waals surface area contributed by atoms with E-state index in [4.69, 9.17) is 0 Å². The molecule has 5 heteroatoms. The Morgan fingerprint density at radius 1 is 1.26 bits per heavy atom. The van der Waals surface area contributed by atoms with Crippen LogP contribution in [0.4, 0.5) is 5.69 Å². The third kappa shape index (κ3) is 3.55. The molecule has 124 valence electrons. The Morgan fingerprint density at radius 3 is 2.83 bits per heavy atom. The number of amides is 1. The van der Waals surface area contributed by atoms with Crippen molar-refractivity contribution in [3.8, 4) is 0 Å². The van der Waals surface area contributed by atoms with Crippen LogP contribution in [-0.4, -0.2) is 48.1 Å². The van der Waals surface area contributed by atoms with E-state index in [-0.39, 0.29) is 11.8 Å². The number of likely N-dealkylation sites (tertiary alicyclic amines) is 1. The number of carboxylic acid groups (broad SMARTS) is 1. The average molecular weight is 316 g/mol. The zero-order chi connectivity index (χ0) is 16.4. The van der Waals surface area contributed by atoms with Gasteiger partial charge in [0.1, 0.15) is 0 Å². The minimum Gasteiger partial charge on any atom is -0.481 e. The van der Waals surface area contributed by atoms with Gasteiger partial charge in [0.05, 0.1) is 12.5 Å². The molecule has 5 nitrogen and oxygen atoms in total. The number of carbonyl (C=O) groups is 2. The number of benzene rings is 1. The van der Waals surface area contributed by atoms with E-state index < -0.39 is 5.97 Å². The molecule has 2 unspecified atom stereocenters. The summed E-state index contributed by atoms with van der Waals surface area (Å²) in [5.41, 5.74) is 2.24. The van der Waals surface area contributed by atoms with Gasteiger partial charge in [0.25, 0.3) is 0 Å². The van der Waals surface area contributed by atoms with Crippen LogP contribution in [0.2, 0.25) is 0 Å². The van der Waals surface area contributed by atoms with Crippen molar-refractivity contribution in [2.75, 3.05) is 31.1 Å². The molecule has 1 fully saturated rings. The van der Waals surface area contributed by atoms with Crippen molar-refractivity contribution in [3.05, 3.63) is 29.8 Å². The van der Waals surface area contributed by atoms with Crippen LogP contribution in [0, 0.1) is 11.8 Å². The highest BCUT2D eigenvalue weighted by molar-refractivity contribution is 5.96. The molecular formula is C18H24N2O3. The molecule has 1 saturated heterocycles. The monoisotopic (exact) mass is 316 g/mol. The Hall–Kier alpha value is -1.88. The molecule has 2 atom stereocenters. The van der Waals surface area contributed by atoms with Crippen LogP contribution in [-0.2, 0) is 16.0 Å². The van der Waals surface area contributed by atoms with E-state index in [0.717, 1.165) is 31.6 Å². The summed E-state index contributed by atoms with van der Waals surface area (Å²) in [5.74, 6) is -0.723. The number of fused-ring (bicyclic) bond motifs is 1. The van der Waals surface area contributed by atoms with E-state index in [1.54, 1.807) is 0 Å². The molecule has 2 aliphatic heterocycles. The van der Waals surface area contributed by atoms with Gasteiger partial charge in [-0.1, -0.05) is 25.1 Å². The minimum absolute atomic E-state index is 0.0791. The Balaban J connectivity index is 1.69. The molecule has 1 amide bonds. The summed E-state index contributed by atoms with van der Waals surface area (Å²) in [6.07, 6.45) is 2.70. The summed E-state index contributed by atoms with van der Waals surface area (Å²) in [6, 6.07) is 8.06. The number of aliphatic carboxylic acids is 1. The topological polar surface area (TPSA) is 60.9 Å². The second kappa shape index (κ2) is 6.71. The fraction of sp³-hybridized carbons (Fsp3) is 0.556. The number of nitrogens with zero attached hydrogens (tertiary/aromatic N) is 2. The number of carboxylic acids is 1. The molecule has 1 aromatic carbocycles. The summed E-state index contributed by atoms with van der Waals surface area (Å²) >= 11 is 0. The lowest BCUT2D eigenvalue weighted by Gasteiger charge is -2.36. The second-order valence-corrected chi connectivity index (χ2v) is 6.85. The highest BCUT2D eigenvalue weighted by Gasteiger charge is 2.32. The number of piperidine rings is 1. The first-order valence-electron chi connectivity index (χ1n) is 8.38. The van der Waals surface area contributed by atoms with Gasteiger partial charge in [-0.25, -0.2) is 0 Å². The van der Waals surface area contributed by atoms with Gasteiger partial charge >= 0.3 is 5.97 Å². The molecule has 2 heterocycles. The molecule has 0 bridgehead atoms. The Labute approximate surface area is 136 Å². The summed E-state index contributed by atoms with van der Waals surface area (Å²) in [4.78, 5) is 27.9. The van der Waals surface area contributed by atoms with Crippen LogP contribution in [0.1, 0.15) is 25.3 Å². The molecule has 2 aliphatic rings. The van der Waals surface area contributed by atoms with Crippen molar-refractivity contribution in [1.29, 1.82) is 0 Å². The summed E-state index contributed by atoms with van der Waals surface area (Å²) in [6.45, 7) is 4.39. The number of hydrogen-bond donors (Lipinski definition) is 1. The molecule has 1 aromatic rings. The van der Waals surface area contributed by atoms with Gasteiger partial charge in [0.2, 0.25) is 5.91 Å². The zero-order valence-electron chi connectivity index (χ0n) is 13.6. The maximum absolute atomic E-state index is 12.7. The van der Waals surface area contributed by atoms with Crippen LogP contribution < -0.4 is 4.90 Å². The highest BCUT2D eigenvalue weighted by atomic mass is 16.4. The van der Waals surface area contributed by atoms with Gasteiger partial charge in [-0.05, 0) is 36.8 Å². The normalized spacial score (nSPS) is 25.0. The maximum atomic E-state index is 12.7. The van der Waals surface area contributed by atoms with Crippen molar-refractivity contribution in [2.24, 2.45) is 11.8 Å². The quantitative estimate of drug-likeness (QED) is 0.926. The fourth-order valence-corrected chi connectivity index (χ4v) is 3.84. The summed E-state index contributed by atoms with van der Waals surface area (Å²) in [5, 5.41) is 9.26. The van der Waals surface area contributed by atoms with Gasteiger partial charge in [-0.3, -0.25) is 14.5 Å². The molecule has 0 aliphatic carbocycles. The van der Waals surface area contributed by atoms with Gasteiger partial charge in [0, 0.05) is 25.3 Å². The SMILES string of the molecule is CC1CC(C(=O)O)CN(CC(=O)N2CCCc3ccccc32)C1. The number of carbonyl (C=O) groups excluding carboxylic acids is 1. The summed E-state index contributed by atoms with van der Waals surface area (Å²) < 4.78 is 0. The molecule has 1 N–H and O–H groups in total. The van der Waals surface area contributed by atoms with E-state index in [9.17, 15) is 14.7 Å². The number of aryl methyl sites for hydroxylation is 1. The van der Waals surface area contributed by atoms with Crippen molar-refractivity contribution < 1.29 is 14.7 Å². The third-order valence-corrected chi connectivity index (χ3v) is 4.85. The van der Waals surface area contributed by atoms with Crippen molar-refractivity contribution >= 4 is 17.6 Å². The predicted octanol–water partition coefficient (Wildman–Crippen LogP) is 2.01. The lowest BCUT2D eigenvalue weighted by Crippen LogP contribution is -2.48. The second-order valence-electron chi connectivity index (χ2n) is 6.85. The standard InChI is InChI=1S/C18H24N2O3/c1-13-9-15(18(22)23)11-19(10-13)12-17(21)20-8-4-6-14-5-2-3-7-16(14)20/h2-3,5,7,13,15H,4,6,8-12H2,1H3,(H,22,23). The Kier molecular flexibility index (Phi) is 4.66. The molecular weight excluding hydrogens is 292 g/mol. The largest absolute Gasteiger partial charge is 0.481 e. The average Bonchev–Trinajstić information content (AvgIpc) is 2.53. The number of anilines is 1. The van der Waals surface area contributed by atoms with Crippen molar-refractivity contribution in [2.45, 2.75) is 26.2 Å². The van der Waals surface area contributed by atoms with Crippen LogP contribution in [0.15, 0.2) is 24.3 Å². The van der Waals surface area contributed by atoms with E-state index in [1.807, 2.05) is 28.0 Å². The van der Waals surface area contributed by atoms with Crippen molar-refractivity contribution in [3.63, 3.8) is 0 Å². The van der Waals surface area contributed by atoms with Gasteiger partial charge in [-0.15, -0.1) is 0 Å². The first kappa shape index (κ1) is 16.0. The highest BCUT2D eigenvalue weighted by Crippen LogP contribution is 2.27. The number of rotatable bonds is 3. The lowest BCUT2D eigenvalue weighted by molar-refractivity contribution is -0.145. The first-order chi connectivity index (χ1) is 11.0. The van der Waals surface area contributed by atoms with Crippen molar-refractivity contribution in [1.82, 2.24) is 4.90 Å². The first-order valence-corrected chi connectivity index (χ1v) is 8.38. The van der Waals surface area contributed by atoms with E-state index >= 15 is 0 Å². The fourth-order valence-electron chi connectivity index (χ4n) is 3.84. The van der Waals surface area contributed by atoms with Crippen LogP contribution in [0.3, 0.4) is 0 Å². The van der Waals surface area contributed by atoms with Crippen LogP contribution >= 0.6 is 0 Å². The van der Waals surface area contributed by atoms with Gasteiger partial charge in [-0.2, -0.15) is 0 Å². The lowest BCUT2D eigenvalue weighted by atomic mass is 9.90. The van der Waals surface area contributed by atoms with E-state index in [1.165, 1.54) is 5.56 Å². The minimum atomic E-state index is -0.752. The van der Waals surface area contributed by atoms with Crippen LogP contribution in [0.25, 0.3) is 0 Å². The Morgan fingerprint density at radius 2 is 2.04 bits per heavy atom. The summed E-state index contributed by atoms with van der Waals surface area (Å²) in [7, 11) is 0. The van der Waals surface area contributed by atoms with E-state index in [0.29, 0.717) is 25.4 Å². The molecule has 0 spiro atoms. The maximum Gasteiger partial charge on any atom is 0.307 e. The van der Waals surface area contributed by atoms with E-state index in [2.05, 4.69) is 13.0 Å². The molecule has 0 radical (unpaired) electrons. The molecule has 0 aromatic heterocycles. The van der Waals surface area contributed by atoms with Crippen LogP contribution in [0.5, 0.6) is 0 Å². The zero-order valence-corrected chi connectivity index (χ0v) is 13.6. The van der Waals surface area contributed by atoms with Gasteiger partial charge < -0.3 is 10.0 Å². The number of hydrogen-bond acceptors (Lipinski definition) is 3. The number of para-hydroxylation sites is 1. The smallest absolute Gasteiger partial charge is 0.307 e. The van der Waals surface area contributed by atoms with Gasteiger partial charge in [0.15, 0.2) is 0 Å².